The molecular formula is C14H24N2O. The highest BCUT2D eigenvalue weighted by molar-refractivity contribution is 5.82. The predicted octanol–water partition coefficient (Wildman–Crippen LogP) is 1.92. The number of carbonyl (C=O) groups excluding carboxylic acids is 1. The van der Waals surface area contributed by atoms with Crippen LogP contribution in [0.5, 0.6) is 0 Å². The molecule has 3 heteroatoms. The molecule has 2 aliphatic heterocycles. The molecule has 3 aliphatic rings. The van der Waals surface area contributed by atoms with Crippen molar-refractivity contribution in [2.24, 2.45) is 5.92 Å². The summed E-state index contributed by atoms with van der Waals surface area (Å²) in [5, 5.41) is 3.36. The van der Waals surface area contributed by atoms with Gasteiger partial charge in [-0.3, -0.25) is 4.79 Å². The van der Waals surface area contributed by atoms with E-state index >= 15 is 0 Å². The van der Waals surface area contributed by atoms with E-state index in [1.807, 2.05) is 0 Å². The predicted molar refractivity (Wildman–Crippen MR) is 67.7 cm³/mol. The Kier molecular flexibility index (Phi) is 3.37. The van der Waals surface area contributed by atoms with E-state index in [0.29, 0.717) is 11.9 Å². The minimum Gasteiger partial charge on any atom is -0.338 e. The van der Waals surface area contributed by atoms with Crippen molar-refractivity contribution < 1.29 is 4.79 Å². The molecule has 3 atom stereocenters. The van der Waals surface area contributed by atoms with Crippen molar-refractivity contribution in [1.82, 2.24) is 10.2 Å². The van der Waals surface area contributed by atoms with E-state index in [0.717, 1.165) is 25.4 Å². The maximum atomic E-state index is 12.5. The summed E-state index contributed by atoms with van der Waals surface area (Å²) in [6.07, 6.45) is 10.1. The fourth-order valence-electron chi connectivity index (χ4n) is 3.99. The fraction of sp³-hybridized carbons (Fsp3) is 0.929. The van der Waals surface area contributed by atoms with Crippen LogP contribution in [0.1, 0.15) is 51.4 Å². The van der Waals surface area contributed by atoms with Crippen molar-refractivity contribution in [1.29, 1.82) is 0 Å². The molecule has 1 unspecified atom stereocenters. The smallest absolute Gasteiger partial charge is 0.239 e. The maximum Gasteiger partial charge on any atom is 0.239 e. The van der Waals surface area contributed by atoms with Gasteiger partial charge < -0.3 is 10.2 Å². The van der Waals surface area contributed by atoms with E-state index in [1.54, 1.807) is 0 Å². The molecule has 3 fully saturated rings. The van der Waals surface area contributed by atoms with Crippen molar-refractivity contribution in [2.45, 2.75) is 63.5 Å². The fourth-order valence-corrected chi connectivity index (χ4v) is 3.99. The van der Waals surface area contributed by atoms with Gasteiger partial charge in [0, 0.05) is 12.6 Å². The van der Waals surface area contributed by atoms with Crippen molar-refractivity contribution in [3.63, 3.8) is 0 Å². The lowest BCUT2D eigenvalue weighted by molar-refractivity contribution is -0.139. The number of hydrogen-bond donors (Lipinski definition) is 1. The van der Waals surface area contributed by atoms with Crippen molar-refractivity contribution in [3.8, 4) is 0 Å². The molecule has 0 aromatic heterocycles. The SMILES string of the molecule is O=C(C1CCCN1)N1CCC[C@H]2CCCC[C@H]21. The Bertz CT molecular complexity index is 284. The van der Waals surface area contributed by atoms with Crippen molar-refractivity contribution in [2.75, 3.05) is 13.1 Å². The quantitative estimate of drug-likeness (QED) is 0.754. The minimum absolute atomic E-state index is 0.135. The topological polar surface area (TPSA) is 32.3 Å². The summed E-state index contributed by atoms with van der Waals surface area (Å²) in [6.45, 7) is 2.04. The molecule has 96 valence electrons. The van der Waals surface area contributed by atoms with Crippen LogP contribution >= 0.6 is 0 Å². The molecule has 17 heavy (non-hydrogen) atoms. The Hall–Kier alpha value is -0.570. The number of hydrogen-bond acceptors (Lipinski definition) is 2. The van der Waals surface area contributed by atoms with Gasteiger partial charge in [0.2, 0.25) is 5.91 Å². The normalized spacial score (nSPS) is 37.9. The molecule has 3 nitrogen and oxygen atoms in total. The molecule has 1 amide bonds. The summed E-state index contributed by atoms with van der Waals surface area (Å²) < 4.78 is 0. The first kappa shape index (κ1) is 11.5. The van der Waals surface area contributed by atoms with Gasteiger partial charge in [0.05, 0.1) is 6.04 Å². The molecule has 1 saturated carbocycles. The largest absolute Gasteiger partial charge is 0.338 e. The van der Waals surface area contributed by atoms with Crippen LogP contribution in [0.25, 0.3) is 0 Å². The number of fused-ring (bicyclic) bond motifs is 1. The third-order valence-corrected chi connectivity index (χ3v) is 4.88. The average molecular weight is 236 g/mol. The summed E-state index contributed by atoms with van der Waals surface area (Å²) in [7, 11) is 0. The van der Waals surface area contributed by atoms with Crippen LogP contribution in [-0.2, 0) is 4.79 Å². The van der Waals surface area contributed by atoms with Gasteiger partial charge in [0.15, 0.2) is 0 Å². The molecule has 0 radical (unpaired) electrons. The summed E-state index contributed by atoms with van der Waals surface area (Å²) in [6, 6.07) is 0.711. The van der Waals surface area contributed by atoms with Crippen molar-refractivity contribution >= 4 is 5.91 Å². The third-order valence-electron chi connectivity index (χ3n) is 4.88. The van der Waals surface area contributed by atoms with Crippen LogP contribution in [0, 0.1) is 5.92 Å². The minimum atomic E-state index is 0.135. The highest BCUT2D eigenvalue weighted by Crippen LogP contribution is 2.35. The number of nitrogens with one attached hydrogen (secondary N) is 1. The van der Waals surface area contributed by atoms with Crippen LogP contribution < -0.4 is 5.32 Å². The van der Waals surface area contributed by atoms with Gasteiger partial charge in [-0.1, -0.05) is 12.8 Å². The first-order chi connectivity index (χ1) is 8.36. The number of amides is 1. The van der Waals surface area contributed by atoms with Gasteiger partial charge in [-0.25, -0.2) is 0 Å². The lowest BCUT2D eigenvalue weighted by Crippen LogP contribution is -2.54. The summed E-state index contributed by atoms with van der Waals surface area (Å²) in [5.41, 5.74) is 0. The molecule has 1 aliphatic carbocycles. The van der Waals surface area contributed by atoms with Gasteiger partial charge in [0.25, 0.3) is 0 Å². The number of likely N-dealkylation sites (tertiary alicyclic amines) is 1. The van der Waals surface area contributed by atoms with E-state index < -0.39 is 0 Å². The molecule has 3 rings (SSSR count). The molecule has 1 N–H and O–H groups in total. The van der Waals surface area contributed by atoms with E-state index in [9.17, 15) is 4.79 Å². The summed E-state index contributed by atoms with van der Waals surface area (Å²) in [5.74, 6) is 1.21. The number of piperidine rings is 1. The van der Waals surface area contributed by atoms with Gasteiger partial charge >= 0.3 is 0 Å². The Morgan fingerprint density at radius 3 is 2.65 bits per heavy atom. The highest BCUT2D eigenvalue weighted by Gasteiger charge is 2.38. The van der Waals surface area contributed by atoms with Crippen LogP contribution in [0.2, 0.25) is 0 Å². The molecule has 2 saturated heterocycles. The lowest BCUT2D eigenvalue weighted by Gasteiger charge is -2.45. The Balaban J connectivity index is 1.69. The second-order valence-corrected chi connectivity index (χ2v) is 5.93. The molecular weight excluding hydrogens is 212 g/mol. The van der Waals surface area contributed by atoms with E-state index in [4.69, 9.17) is 0 Å². The van der Waals surface area contributed by atoms with Crippen LogP contribution in [0.4, 0.5) is 0 Å². The van der Waals surface area contributed by atoms with Gasteiger partial charge in [-0.15, -0.1) is 0 Å². The first-order valence-electron chi connectivity index (χ1n) is 7.40. The maximum absolute atomic E-state index is 12.5. The van der Waals surface area contributed by atoms with Crippen LogP contribution in [0.3, 0.4) is 0 Å². The van der Waals surface area contributed by atoms with Crippen LogP contribution in [-0.4, -0.2) is 36.0 Å². The number of rotatable bonds is 1. The van der Waals surface area contributed by atoms with Gasteiger partial charge in [-0.2, -0.15) is 0 Å². The zero-order valence-corrected chi connectivity index (χ0v) is 10.7. The first-order valence-corrected chi connectivity index (χ1v) is 7.40. The third kappa shape index (κ3) is 2.22. The number of nitrogens with zero attached hydrogens (tertiary/aromatic N) is 1. The second kappa shape index (κ2) is 4.97. The average Bonchev–Trinajstić information content (AvgIpc) is 2.91. The van der Waals surface area contributed by atoms with Crippen LogP contribution in [0.15, 0.2) is 0 Å². The zero-order chi connectivity index (χ0) is 11.7. The highest BCUT2D eigenvalue weighted by atomic mass is 16.2. The van der Waals surface area contributed by atoms with Gasteiger partial charge in [0.1, 0.15) is 0 Å². The molecule has 2 heterocycles. The Labute approximate surface area is 104 Å². The van der Waals surface area contributed by atoms with Gasteiger partial charge in [-0.05, 0) is 51.0 Å². The van der Waals surface area contributed by atoms with E-state index in [1.165, 1.54) is 44.9 Å². The molecule has 0 spiro atoms. The monoisotopic (exact) mass is 236 g/mol. The molecule has 0 aromatic carbocycles. The second-order valence-electron chi connectivity index (χ2n) is 5.93. The Morgan fingerprint density at radius 1 is 1.00 bits per heavy atom. The molecule has 0 bridgehead atoms. The molecule has 0 aromatic rings. The standard InChI is InChI=1S/C14H24N2O/c17-14(12-7-3-9-15-12)16-10-4-6-11-5-1-2-8-13(11)16/h11-13,15H,1-10H2/t11-,12?,13-/m1/s1. The number of carbonyl (C=O) groups is 1. The van der Waals surface area contributed by atoms with E-state index in [-0.39, 0.29) is 6.04 Å². The van der Waals surface area contributed by atoms with Crippen molar-refractivity contribution in [3.05, 3.63) is 0 Å². The summed E-state index contributed by atoms with van der Waals surface area (Å²) >= 11 is 0. The van der Waals surface area contributed by atoms with E-state index in [2.05, 4.69) is 10.2 Å². The lowest BCUT2D eigenvalue weighted by atomic mass is 9.78. The Morgan fingerprint density at radius 2 is 1.82 bits per heavy atom. The summed E-state index contributed by atoms with van der Waals surface area (Å²) in [4.78, 5) is 14.8. The zero-order valence-electron chi connectivity index (χ0n) is 10.7.